The van der Waals surface area contributed by atoms with Crippen LogP contribution in [0.25, 0.3) is 11.2 Å². The fraction of sp³-hybridized carbons (Fsp3) is 0.0833. The molecule has 3 heterocycles. The van der Waals surface area contributed by atoms with Gasteiger partial charge >= 0.3 is 0 Å². The van der Waals surface area contributed by atoms with Crippen molar-refractivity contribution in [3.8, 4) is 0 Å². The molecular weight excluding hydrogens is 250 g/mol. The molecular formula is C12H10ClN5. The number of nitrogens with two attached hydrogens (primary N) is 1. The molecule has 3 aromatic rings. The van der Waals surface area contributed by atoms with Crippen LogP contribution in [0.1, 0.15) is 5.56 Å². The number of pyridine rings is 2. The van der Waals surface area contributed by atoms with Crippen LogP contribution in [-0.2, 0) is 6.54 Å². The van der Waals surface area contributed by atoms with Gasteiger partial charge < -0.3 is 5.73 Å². The third kappa shape index (κ3) is 1.89. The van der Waals surface area contributed by atoms with E-state index in [0.29, 0.717) is 23.0 Å². The second-order valence-electron chi connectivity index (χ2n) is 3.91. The summed E-state index contributed by atoms with van der Waals surface area (Å²) in [6.07, 6.45) is 5.11. The second-order valence-corrected chi connectivity index (χ2v) is 4.35. The third-order valence-corrected chi connectivity index (χ3v) is 2.85. The van der Waals surface area contributed by atoms with Crippen LogP contribution in [0.4, 0.5) is 5.95 Å². The number of nitrogens with zero attached hydrogens (tertiary/aromatic N) is 4. The zero-order chi connectivity index (χ0) is 12.5. The molecule has 3 aromatic heterocycles. The summed E-state index contributed by atoms with van der Waals surface area (Å²) >= 11 is 5.88. The minimum absolute atomic E-state index is 0.420. The molecule has 0 fully saturated rings. The van der Waals surface area contributed by atoms with Crippen molar-refractivity contribution < 1.29 is 0 Å². The minimum atomic E-state index is 0.420. The molecule has 0 atom stereocenters. The van der Waals surface area contributed by atoms with Crippen LogP contribution in [0.2, 0.25) is 5.02 Å². The number of hydrogen-bond acceptors (Lipinski definition) is 4. The van der Waals surface area contributed by atoms with Crippen LogP contribution in [0.3, 0.4) is 0 Å². The van der Waals surface area contributed by atoms with Crippen molar-refractivity contribution in [1.29, 1.82) is 0 Å². The van der Waals surface area contributed by atoms with Crippen molar-refractivity contribution in [3.63, 3.8) is 0 Å². The lowest BCUT2D eigenvalue weighted by Crippen LogP contribution is -2.05. The van der Waals surface area contributed by atoms with Crippen LogP contribution < -0.4 is 5.73 Å². The summed E-state index contributed by atoms with van der Waals surface area (Å²) in [6.45, 7) is 0.588. The summed E-state index contributed by atoms with van der Waals surface area (Å²) in [5, 5.41) is 0.550. The molecule has 0 bridgehead atoms. The summed E-state index contributed by atoms with van der Waals surface area (Å²) in [5.41, 5.74) is 8.36. The van der Waals surface area contributed by atoms with Gasteiger partial charge in [-0.15, -0.1) is 0 Å². The first-order valence-corrected chi connectivity index (χ1v) is 5.78. The number of hydrogen-bond donors (Lipinski definition) is 1. The maximum absolute atomic E-state index is 5.90. The Morgan fingerprint density at radius 2 is 2.22 bits per heavy atom. The topological polar surface area (TPSA) is 69.6 Å². The van der Waals surface area contributed by atoms with Gasteiger partial charge in [0.15, 0.2) is 5.65 Å². The summed E-state index contributed by atoms with van der Waals surface area (Å²) in [6, 6.07) is 5.61. The number of anilines is 1. The van der Waals surface area contributed by atoms with E-state index >= 15 is 0 Å². The normalized spacial score (nSPS) is 10.9. The Hall–Kier alpha value is -2.14. The maximum Gasteiger partial charge on any atom is 0.202 e. The lowest BCUT2D eigenvalue weighted by molar-refractivity contribution is 0.823. The third-order valence-electron chi connectivity index (χ3n) is 2.64. The molecule has 0 radical (unpaired) electrons. The van der Waals surface area contributed by atoms with Crippen LogP contribution in [0.15, 0.2) is 36.8 Å². The monoisotopic (exact) mass is 259 g/mol. The summed E-state index contributed by atoms with van der Waals surface area (Å²) in [4.78, 5) is 12.6. The number of aromatic nitrogens is 4. The molecule has 0 aliphatic rings. The molecule has 2 N–H and O–H groups in total. The molecule has 0 amide bonds. The van der Waals surface area contributed by atoms with Crippen molar-refractivity contribution in [3.05, 3.63) is 47.4 Å². The van der Waals surface area contributed by atoms with Gasteiger partial charge in [-0.1, -0.05) is 17.7 Å². The van der Waals surface area contributed by atoms with Crippen LogP contribution in [0, 0.1) is 0 Å². The van der Waals surface area contributed by atoms with Gasteiger partial charge in [0, 0.05) is 18.6 Å². The van der Waals surface area contributed by atoms with Crippen molar-refractivity contribution in [2.75, 3.05) is 5.73 Å². The molecule has 6 heteroatoms. The minimum Gasteiger partial charge on any atom is -0.369 e. The summed E-state index contributed by atoms with van der Waals surface area (Å²) in [5.74, 6) is 0.420. The Morgan fingerprint density at radius 3 is 3.00 bits per heavy atom. The highest BCUT2D eigenvalue weighted by atomic mass is 35.5. The number of rotatable bonds is 2. The standard InChI is InChI=1S/C12H10ClN5/c13-9-4-10-11(16-6-9)18(12(14)17-10)7-8-2-1-3-15-5-8/h1-6H,7H2,(H2,14,17). The molecule has 0 aromatic carbocycles. The molecule has 3 rings (SSSR count). The van der Waals surface area contributed by atoms with Crippen molar-refractivity contribution >= 4 is 28.7 Å². The largest absolute Gasteiger partial charge is 0.369 e. The van der Waals surface area contributed by atoms with Gasteiger partial charge in [0.05, 0.1) is 11.6 Å². The Labute approximate surface area is 108 Å². The molecule has 90 valence electrons. The van der Waals surface area contributed by atoms with E-state index in [4.69, 9.17) is 17.3 Å². The fourth-order valence-corrected chi connectivity index (χ4v) is 1.99. The van der Waals surface area contributed by atoms with Crippen molar-refractivity contribution in [1.82, 2.24) is 19.5 Å². The Balaban J connectivity index is 2.09. The highest BCUT2D eigenvalue weighted by Gasteiger charge is 2.10. The first-order valence-electron chi connectivity index (χ1n) is 5.40. The van der Waals surface area contributed by atoms with Gasteiger partial charge in [0.2, 0.25) is 5.95 Å². The van der Waals surface area contributed by atoms with E-state index in [-0.39, 0.29) is 0 Å². The average Bonchev–Trinajstić information content (AvgIpc) is 2.66. The number of fused-ring (bicyclic) bond motifs is 1. The van der Waals surface area contributed by atoms with Gasteiger partial charge in [0.25, 0.3) is 0 Å². The van der Waals surface area contributed by atoms with E-state index in [0.717, 1.165) is 11.2 Å². The molecule has 5 nitrogen and oxygen atoms in total. The van der Waals surface area contributed by atoms with Crippen LogP contribution in [0.5, 0.6) is 0 Å². The summed E-state index contributed by atoms with van der Waals surface area (Å²) < 4.78 is 1.84. The fourth-order valence-electron chi connectivity index (χ4n) is 1.83. The van der Waals surface area contributed by atoms with Gasteiger partial charge in [-0.3, -0.25) is 9.55 Å². The first-order chi connectivity index (χ1) is 8.74. The lowest BCUT2D eigenvalue weighted by atomic mass is 10.3. The smallest absolute Gasteiger partial charge is 0.202 e. The van der Waals surface area contributed by atoms with Crippen LogP contribution in [-0.4, -0.2) is 19.5 Å². The quantitative estimate of drug-likeness (QED) is 0.765. The molecule has 0 spiro atoms. The molecule has 0 aliphatic carbocycles. The average molecular weight is 260 g/mol. The number of halogens is 1. The number of nitrogen functional groups attached to an aromatic ring is 1. The van der Waals surface area contributed by atoms with E-state index in [2.05, 4.69) is 15.0 Å². The highest BCUT2D eigenvalue weighted by molar-refractivity contribution is 6.31. The zero-order valence-electron chi connectivity index (χ0n) is 9.42. The van der Waals surface area contributed by atoms with E-state index in [1.165, 1.54) is 0 Å². The summed E-state index contributed by atoms with van der Waals surface area (Å²) in [7, 11) is 0. The van der Waals surface area contributed by atoms with Gasteiger partial charge in [0.1, 0.15) is 5.52 Å². The highest BCUT2D eigenvalue weighted by Crippen LogP contribution is 2.20. The maximum atomic E-state index is 5.90. The van der Waals surface area contributed by atoms with Gasteiger partial charge in [-0.2, -0.15) is 0 Å². The van der Waals surface area contributed by atoms with Crippen LogP contribution >= 0.6 is 11.6 Å². The zero-order valence-corrected chi connectivity index (χ0v) is 10.2. The predicted octanol–water partition coefficient (Wildman–Crippen LogP) is 2.11. The van der Waals surface area contributed by atoms with Crippen molar-refractivity contribution in [2.45, 2.75) is 6.54 Å². The van der Waals surface area contributed by atoms with Crippen molar-refractivity contribution in [2.24, 2.45) is 0 Å². The molecule has 0 unspecified atom stereocenters. The number of imidazole rings is 1. The van der Waals surface area contributed by atoms with Gasteiger partial charge in [-0.25, -0.2) is 9.97 Å². The lowest BCUT2D eigenvalue weighted by Gasteiger charge is -2.05. The Morgan fingerprint density at radius 1 is 1.33 bits per heavy atom. The second kappa shape index (κ2) is 4.27. The molecule has 0 saturated heterocycles. The van der Waals surface area contributed by atoms with E-state index < -0.39 is 0 Å². The van der Waals surface area contributed by atoms with Gasteiger partial charge in [-0.05, 0) is 17.7 Å². The molecule has 0 saturated carbocycles. The Kier molecular flexibility index (Phi) is 2.60. The van der Waals surface area contributed by atoms with E-state index in [1.54, 1.807) is 24.7 Å². The molecule has 18 heavy (non-hydrogen) atoms. The Bertz CT molecular complexity index is 692. The van der Waals surface area contributed by atoms with E-state index in [9.17, 15) is 0 Å². The first kappa shape index (κ1) is 11.0. The molecule has 0 aliphatic heterocycles. The SMILES string of the molecule is Nc1nc2cc(Cl)cnc2n1Cc1cccnc1. The predicted molar refractivity (Wildman–Crippen MR) is 70.3 cm³/mol. The van der Waals surface area contributed by atoms with E-state index in [1.807, 2.05) is 16.7 Å².